The predicted molar refractivity (Wildman–Crippen MR) is 288 cm³/mol. The molecule has 5 nitrogen and oxygen atoms in total. The lowest BCUT2D eigenvalue weighted by atomic mass is 10.1. The zero-order valence-corrected chi connectivity index (χ0v) is 43.4. The second kappa shape index (κ2) is 56.1. The van der Waals surface area contributed by atoms with E-state index < -0.39 is 6.10 Å². The van der Waals surface area contributed by atoms with Gasteiger partial charge in [0.25, 0.3) is 0 Å². The van der Waals surface area contributed by atoms with Crippen LogP contribution in [0.25, 0.3) is 0 Å². The first-order valence-electron chi connectivity index (χ1n) is 27.8. The maximum Gasteiger partial charge on any atom is 0.306 e. The van der Waals surface area contributed by atoms with Gasteiger partial charge < -0.3 is 14.2 Å². The van der Waals surface area contributed by atoms with E-state index in [4.69, 9.17) is 14.2 Å². The summed E-state index contributed by atoms with van der Waals surface area (Å²) in [5, 5.41) is 0. The Labute approximate surface area is 409 Å². The van der Waals surface area contributed by atoms with E-state index in [1.54, 1.807) is 0 Å². The highest BCUT2D eigenvalue weighted by Crippen LogP contribution is 2.13. The smallest absolute Gasteiger partial charge is 0.306 e. The number of hydrogen-bond acceptors (Lipinski definition) is 5. The van der Waals surface area contributed by atoms with Crippen molar-refractivity contribution in [3.63, 3.8) is 0 Å². The first-order valence-corrected chi connectivity index (χ1v) is 27.8. The number of esters is 2. The molecule has 0 N–H and O–H groups in total. The summed E-state index contributed by atoms with van der Waals surface area (Å²) in [6, 6.07) is 0. The molecule has 0 saturated carbocycles. The molecule has 0 amide bonds. The number of hydrogen-bond donors (Lipinski definition) is 0. The number of carbonyl (C=O) groups is 2. The monoisotopic (exact) mass is 917 g/mol. The molecule has 0 heterocycles. The van der Waals surface area contributed by atoms with Crippen molar-refractivity contribution in [1.29, 1.82) is 0 Å². The van der Waals surface area contributed by atoms with E-state index in [1.807, 2.05) is 6.08 Å². The van der Waals surface area contributed by atoms with Crippen molar-refractivity contribution in [3.8, 4) is 0 Å². The SMILES string of the molecule is CC/C=C\C/C=C\C/C=C\C/C=C\CCC(=O)OC(COCCCCCCCCCC/C=C\CCCCCCCC)COC(=O)CCCCCCCC/C=C\C/C=C\C/C=C\CCCCC. The molecule has 1 unspecified atom stereocenters. The van der Waals surface area contributed by atoms with Gasteiger partial charge in [0.05, 0.1) is 6.61 Å². The Morgan fingerprint density at radius 1 is 0.348 bits per heavy atom. The Bertz CT molecular complexity index is 1270. The van der Waals surface area contributed by atoms with Gasteiger partial charge in [-0.2, -0.15) is 0 Å². The summed E-state index contributed by atoms with van der Waals surface area (Å²) in [6.45, 7) is 7.59. The molecule has 0 aromatic rings. The van der Waals surface area contributed by atoms with Crippen LogP contribution >= 0.6 is 0 Å². The van der Waals surface area contributed by atoms with E-state index in [9.17, 15) is 9.59 Å². The van der Waals surface area contributed by atoms with E-state index in [2.05, 4.69) is 112 Å². The molecule has 0 spiro atoms. The molecular weight excluding hydrogens is 813 g/mol. The summed E-state index contributed by atoms with van der Waals surface area (Å²) in [5.74, 6) is -0.506. The molecule has 0 bridgehead atoms. The predicted octanol–water partition coefficient (Wildman–Crippen LogP) is 19.0. The second-order valence-corrected chi connectivity index (χ2v) is 18.1. The van der Waals surface area contributed by atoms with E-state index in [0.29, 0.717) is 25.9 Å². The van der Waals surface area contributed by atoms with Crippen LogP contribution in [0.3, 0.4) is 0 Å². The zero-order chi connectivity index (χ0) is 47.7. The van der Waals surface area contributed by atoms with E-state index in [1.165, 1.54) is 135 Å². The molecule has 378 valence electrons. The third-order valence-electron chi connectivity index (χ3n) is 11.6. The summed E-state index contributed by atoms with van der Waals surface area (Å²) < 4.78 is 17.4. The quantitative estimate of drug-likeness (QED) is 0.0346. The molecular formula is C61H104O5. The van der Waals surface area contributed by atoms with E-state index in [0.717, 1.165) is 77.0 Å². The first kappa shape index (κ1) is 62.8. The molecule has 66 heavy (non-hydrogen) atoms. The lowest BCUT2D eigenvalue weighted by molar-refractivity contribution is -0.162. The summed E-state index contributed by atoms with van der Waals surface area (Å²) in [4.78, 5) is 25.4. The van der Waals surface area contributed by atoms with Gasteiger partial charge in [-0.25, -0.2) is 0 Å². The topological polar surface area (TPSA) is 61.8 Å². The lowest BCUT2D eigenvalue weighted by Gasteiger charge is -2.18. The summed E-state index contributed by atoms with van der Waals surface area (Å²) >= 11 is 0. The van der Waals surface area contributed by atoms with Crippen molar-refractivity contribution in [2.45, 2.75) is 258 Å². The van der Waals surface area contributed by atoms with Gasteiger partial charge >= 0.3 is 11.9 Å². The molecule has 0 saturated heterocycles. The summed E-state index contributed by atoms with van der Waals surface area (Å²) in [7, 11) is 0. The van der Waals surface area contributed by atoms with Crippen LogP contribution in [-0.4, -0.2) is 37.9 Å². The summed E-state index contributed by atoms with van der Waals surface area (Å²) in [5.41, 5.74) is 0. The minimum Gasteiger partial charge on any atom is -0.462 e. The third-order valence-corrected chi connectivity index (χ3v) is 11.6. The minimum atomic E-state index is -0.586. The van der Waals surface area contributed by atoms with Crippen molar-refractivity contribution < 1.29 is 23.8 Å². The Balaban J connectivity index is 4.35. The van der Waals surface area contributed by atoms with Crippen molar-refractivity contribution in [2.75, 3.05) is 19.8 Å². The highest BCUT2D eigenvalue weighted by atomic mass is 16.6. The van der Waals surface area contributed by atoms with Gasteiger partial charge in [0.15, 0.2) is 6.10 Å². The third kappa shape index (κ3) is 53.4. The van der Waals surface area contributed by atoms with Gasteiger partial charge in [0.1, 0.15) is 6.61 Å². The molecule has 0 aliphatic rings. The van der Waals surface area contributed by atoms with Gasteiger partial charge in [-0.1, -0.05) is 227 Å². The first-order chi connectivity index (χ1) is 32.6. The Hall–Kier alpha value is -3.18. The molecule has 0 aromatic heterocycles. The van der Waals surface area contributed by atoms with Crippen molar-refractivity contribution in [3.05, 3.63) is 97.2 Å². The second-order valence-electron chi connectivity index (χ2n) is 18.1. The highest BCUT2D eigenvalue weighted by molar-refractivity contribution is 5.70. The number of allylic oxidation sites excluding steroid dienone is 16. The Morgan fingerprint density at radius 2 is 0.712 bits per heavy atom. The Kier molecular flexibility index (Phi) is 53.4. The maximum absolute atomic E-state index is 12.8. The highest BCUT2D eigenvalue weighted by Gasteiger charge is 2.17. The fraction of sp³-hybridized carbons (Fsp3) is 0.705. The van der Waals surface area contributed by atoms with E-state index in [-0.39, 0.29) is 25.2 Å². The minimum absolute atomic E-state index is 0.0446. The molecule has 5 heteroatoms. The molecule has 0 radical (unpaired) electrons. The number of carbonyl (C=O) groups excluding carboxylic acids is 2. The van der Waals surface area contributed by atoms with Crippen LogP contribution in [0, 0.1) is 0 Å². The fourth-order valence-corrected chi connectivity index (χ4v) is 7.47. The molecule has 0 aliphatic carbocycles. The average molecular weight is 917 g/mol. The zero-order valence-electron chi connectivity index (χ0n) is 43.4. The normalized spacial score (nSPS) is 13.0. The van der Waals surface area contributed by atoms with Gasteiger partial charge in [0.2, 0.25) is 0 Å². The van der Waals surface area contributed by atoms with Crippen LogP contribution < -0.4 is 0 Å². The molecule has 1 atom stereocenters. The fourth-order valence-electron chi connectivity index (χ4n) is 7.47. The van der Waals surface area contributed by atoms with Gasteiger partial charge in [-0.3, -0.25) is 9.59 Å². The van der Waals surface area contributed by atoms with Crippen LogP contribution in [0.15, 0.2) is 97.2 Å². The molecule has 0 fully saturated rings. The average Bonchev–Trinajstić information content (AvgIpc) is 3.32. The number of unbranched alkanes of at least 4 members (excludes halogenated alkanes) is 23. The molecule has 0 aliphatic heterocycles. The lowest BCUT2D eigenvalue weighted by Crippen LogP contribution is -2.30. The maximum atomic E-state index is 12.8. The van der Waals surface area contributed by atoms with Gasteiger partial charge in [-0.05, 0) is 109 Å². The standard InChI is InChI=1S/C61H104O5/c1-4-7-10-13-16-19-22-25-27-29-31-32-34-37-39-42-45-48-51-54-60(62)65-58-59(66-61(63)55-52-49-46-43-40-36-24-21-18-15-12-9-6-3)57-64-56-53-50-47-44-41-38-35-33-30-28-26-23-20-17-14-11-8-5-2/h9,12,16,18-19,21,25-28,31-32,36,40,46,49,59H,4-8,10-11,13-15,17,20,22-24,29-30,33-35,37-39,41-45,47-48,50-58H2,1-3H3/b12-9-,19-16-,21-18-,27-25-,28-26-,32-31-,40-36-,49-46-. The van der Waals surface area contributed by atoms with Gasteiger partial charge in [-0.15, -0.1) is 0 Å². The van der Waals surface area contributed by atoms with Crippen molar-refractivity contribution in [2.24, 2.45) is 0 Å². The number of ether oxygens (including phenoxy) is 3. The van der Waals surface area contributed by atoms with Gasteiger partial charge in [0, 0.05) is 19.4 Å². The van der Waals surface area contributed by atoms with Crippen LogP contribution in [0.5, 0.6) is 0 Å². The van der Waals surface area contributed by atoms with Crippen LogP contribution in [0.1, 0.15) is 252 Å². The van der Waals surface area contributed by atoms with Crippen LogP contribution in [0.4, 0.5) is 0 Å². The van der Waals surface area contributed by atoms with Crippen LogP contribution in [-0.2, 0) is 23.8 Å². The van der Waals surface area contributed by atoms with Crippen molar-refractivity contribution >= 4 is 11.9 Å². The van der Waals surface area contributed by atoms with E-state index >= 15 is 0 Å². The summed E-state index contributed by atoms with van der Waals surface area (Å²) in [6.07, 6.45) is 75.8. The molecule has 0 rings (SSSR count). The molecule has 0 aromatic carbocycles. The Morgan fingerprint density at radius 3 is 1.20 bits per heavy atom. The largest absolute Gasteiger partial charge is 0.462 e. The van der Waals surface area contributed by atoms with Crippen LogP contribution in [0.2, 0.25) is 0 Å². The van der Waals surface area contributed by atoms with Crippen molar-refractivity contribution in [1.82, 2.24) is 0 Å². The number of rotatable bonds is 50.